The van der Waals surface area contributed by atoms with Crippen molar-refractivity contribution in [2.24, 2.45) is 0 Å². The second kappa shape index (κ2) is 6.89. The molecule has 1 aromatic rings. The zero-order chi connectivity index (χ0) is 15.6. The van der Waals surface area contributed by atoms with Crippen molar-refractivity contribution < 1.29 is 8.42 Å². The first-order valence-electron chi connectivity index (χ1n) is 6.94. The molecule has 118 valence electrons. The fourth-order valence-corrected chi connectivity index (χ4v) is 5.74. The van der Waals surface area contributed by atoms with E-state index in [0.717, 1.165) is 19.3 Å². The molecule has 0 radical (unpaired) electrons. The van der Waals surface area contributed by atoms with E-state index in [0.29, 0.717) is 21.0 Å². The molecule has 2 rings (SSSR count). The molecule has 0 spiro atoms. The van der Waals surface area contributed by atoms with Crippen LogP contribution in [0.1, 0.15) is 31.2 Å². The van der Waals surface area contributed by atoms with Gasteiger partial charge in [0.05, 0.1) is 4.90 Å². The van der Waals surface area contributed by atoms with Gasteiger partial charge in [-0.3, -0.25) is 0 Å². The van der Waals surface area contributed by atoms with Crippen molar-refractivity contribution in [3.63, 3.8) is 0 Å². The summed E-state index contributed by atoms with van der Waals surface area (Å²) in [6.45, 7) is 1.74. The van der Waals surface area contributed by atoms with Gasteiger partial charge in [0.25, 0.3) is 0 Å². The van der Waals surface area contributed by atoms with Gasteiger partial charge in [0, 0.05) is 21.5 Å². The summed E-state index contributed by atoms with van der Waals surface area (Å²) in [4.78, 5) is 0.264. The second-order valence-corrected chi connectivity index (χ2v) is 9.20. The van der Waals surface area contributed by atoms with E-state index >= 15 is 0 Å². The predicted molar refractivity (Wildman–Crippen MR) is 93.2 cm³/mol. The predicted octanol–water partition coefficient (Wildman–Crippen LogP) is 3.29. The van der Waals surface area contributed by atoms with Crippen LogP contribution in [0.15, 0.2) is 21.5 Å². The summed E-state index contributed by atoms with van der Waals surface area (Å²) in [5.41, 5.74) is 6.95. The molecular formula is C14H21BrN2O2S2. The number of hydrogen-bond acceptors (Lipinski definition) is 4. The summed E-state index contributed by atoms with van der Waals surface area (Å²) in [5, 5.41) is 0.542. The van der Waals surface area contributed by atoms with Crippen molar-refractivity contribution in [1.29, 1.82) is 0 Å². The molecule has 0 heterocycles. The van der Waals surface area contributed by atoms with E-state index in [1.54, 1.807) is 19.1 Å². The molecule has 1 aromatic carbocycles. The number of nitrogens with two attached hydrogens (primary N) is 1. The summed E-state index contributed by atoms with van der Waals surface area (Å²) < 4.78 is 28.8. The summed E-state index contributed by atoms with van der Waals surface area (Å²) in [5.74, 6) is 0. The van der Waals surface area contributed by atoms with Crippen LogP contribution in [0.3, 0.4) is 0 Å². The van der Waals surface area contributed by atoms with Crippen LogP contribution < -0.4 is 10.5 Å². The minimum absolute atomic E-state index is 0.0146. The van der Waals surface area contributed by atoms with Gasteiger partial charge in [-0.25, -0.2) is 13.1 Å². The fraction of sp³-hybridized carbons (Fsp3) is 0.571. The van der Waals surface area contributed by atoms with Crippen molar-refractivity contribution in [3.05, 3.63) is 22.2 Å². The Kier molecular flexibility index (Phi) is 5.62. The maximum Gasteiger partial charge on any atom is 0.241 e. The highest BCUT2D eigenvalue weighted by atomic mass is 79.9. The molecule has 0 saturated heterocycles. The molecule has 1 aliphatic carbocycles. The van der Waals surface area contributed by atoms with Crippen molar-refractivity contribution in [2.75, 3.05) is 12.0 Å². The first kappa shape index (κ1) is 17.1. The van der Waals surface area contributed by atoms with Crippen molar-refractivity contribution in [1.82, 2.24) is 4.72 Å². The number of thioether (sulfide) groups is 1. The Morgan fingerprint density at radius 2 is 2.10 bits per heavy atom. The summed E-state index contributed by atoms with van der Waals surface area (Å²) in [7, 11) is -3.54. The standard InChI is InChI=1S/C14H21BrN2O2S2/c1-9-13(16)6-10(15)7-14(9)21(18,19)17-11-4-3-5-12(8-11)20-2/h6-7,11-12,17H,3-5,8,16H2,1-2H3. The molecule has 1 fully saturated rings. The SMILES string of the molecule is CSC1CCCC(NS(=O)(=O)c2cc(Br)cc(N)c2C)C1. The van der Waals surface area contributed by atoms with Gasteiger partial charge in [-0.1, -0.05) is 22.4 Å². The van der Waals surface area contributed by atoms with E-state index in [-0.39, 0.29) is 10.9 Å². The van der Waals surface area contributed by atoms with Gasteiger partial charge in [-0.05, 0) is 50.1 Å². The minimum Gasteiger partial charge on any atom is -0.398 e. The maximum absolute atomic E-state index is 12.6. The van der Waals surface area contributed by atoms with Crippen LogP contribution in [0, 0.1) is 6.92 Å². The third-order valence-electron chi connectivity index (χ3n) is 3.94. The number of sulfonamides is 1. The Morgan fingerprint density at radius 1 is 1.38 bits per heavy atom. The van der Waals surface area contributed by atoms with Crippen LogP contribution in [-0.2, 0) is 10.0 Å². The molecule has 0 aliphatic heterocycles. The molecule has 1 saturated carbocycles. The number of nitrogen functional groups attached to an aromatic ring is 1. The van der Waals surface area contributed by atoms with Crippen LogP contribution >= 0.6 is 27.7 Å². The number of rotatable bonds is 4. The average molecular weight is 393 g/mol. The van der Waals surface area contributed by atoms with Gasteiger partial charge < -0.3 is 5.73 Å². The molecule has 4 nitrogen and oxygen atoms in total. The minimum atomic E-state index is -3.54. The van der Waals surface area contributed by atoms with Crippen LogP contribution in [0.5, 0.6) is 0 Å². The Labute approximate surface area is 139 Å². The normalized spacial score (nSPS) is 23.2. The number of anilines is 1. The smallest absolute Gasteiger partial charge is 0.241 e. The molecule has 2 unspecified atom stereocenters. The monoisotopic (exact) mass is 392 g/mol. The lowest BCUT2D eigenvalue weighted by molar-refractivity contribution is 0.420. The Balaban J connectivity index is 2.23. The molecule has 7 heteroatoms. The van der Waals surface area contributed by atoms with Gasteiger partial charge >= 0.3 is 0 Å². The number of halogens is 1. The van der Waals surface area contributed by atoms with Crippen molar-refractivity contribution in [3.8, 4) is 0 Å². The summed E-state index contributed by atoms with van der Waals surface area (Å²) in [6.07, 6.45) is 6.11. The van der Waals surface area contributed by atoms with E-state index < -0.39 is 10.0 Å². The lowest BCUT2D eigenvalue weighted by Gasteiger charge is -2.28. The van der Waals surface area contributed by atoms with E-state index in [1.807, 2.05) is 11.8 Å². The zero-order valence-electron chi connectivity index (χ0n) is 12.2. The molecule has 0 bridgehead atoms. The number of nitrogens with one attached hydrogen (secondary N) is 1. The summed E-state index contributed by atoms with van der Waals surface area (Å²) in [6, 6.07) is 3.35. The second-order valence-electron chi connectivity index (χ2n) is 5.46. The van der Waals surface area contributed by atoms with Gasteiger partial charge in [0.2, 0.25) is 10.0 Å². The van der Waals surface area contributed by atoms with E-state index in [1.165, 1.54) is 6.42 Å². The van der Waals surface area contributed by atoms with Gasteiger partial charge in [0.1, 0.15) is 0 Å². The lowest BCUT2D eigenvalue weighted by atomic mass is 9.96. The van der Waals surface area contributed by atoms with E-state index in [4.69, 9.17) is 5.73 Å². The lowest BCUT2D eigenvalue weighted by Crippen LogP contribution is -2.39. The maximum atomic E-state index is 12.6. The molecular weight excluding hydrogens is 372 g/mol. The first-order chi connectivity index (χ1) is 9.83. The quantitative estimate of drug-likeness (QED) is 0.770. The zero-order valence-corrected chi connectivity index (χ0v) is 15.4. The highest BCUT2D eigenvalue weighted by Gasteiger charge is 2.27. The van der Waals surface area contributed by atoms with Crippen LogP contribution in [0.4, 0.5) is 5.69 Å². The Hall–Kier alpha value is -0.240. The van der Waals surface area contributed by atoms with Crippen molar-refractivity contribution >= 4 is 43.4 Å². The average Bonchev–Trinajstić information content (AvgIpc) is 2.42. The molecule has 0 aromatic heterocycles. The largest absolute Gasteiger partial charge is 0.398 e. The van der Waals surface area contributed by atoms with Crippen LogP contribution in [0.2, 0.25) is 0 Å². The van der Waals surface area contributed by atoms with E-state index in [9.17, 15) is 8.42 Å². The van der Waals surface area contributed by atoms with Crippen LogP contribution in [-0.4, -0.2) is 26.0 Å². The molecule has 3 N–H and O–H groups in total. The molecule has 21 heavy (non-hydrogen) atoms. The third-order valence-corrected chi connectivity index (χ3v) is 7.14. The molecule has 1 aliphatic rings. The first-order valence-corrected chi connectivity index (χ1v) is 10.5. The highest BCUT2D eigenvalue weighted by Crippen LogP contribution is 2.30. The van der Waals surface area contributed by atoms with Gasteiger partial charge in [0.15, 0.2) is 0 Å². The summed E-state index contributed by atoms with van der Waals surface area (Å²) >= 11 is 5.13. The highest BCUT2D eigenvalue weighted by molar-refractivity contribution is 9.10. The van der Waals surface area contributed by atoms with Gasteiger partial charge in [-0.2, -0.15) is 11.8 Å². The van der Waals surface area contributed by atoms with Gasteiger partial charge in [-0.15, -0.1) is 0 Å². The Bertz CT molecular complexity index is 620. The van der Waals surface area contributed by atoms with E-state index in [2.05, 4.69) is 26.9 Å². The third kappa shape index (κ3) is 4.15. The topological polar surface area (TPSA) is 72.2 Å². The van der Waals surface area contributed by atoms with Crippen molar-refractivity contribution in [2.45, 2.75) is 48.8 Å². The fourth-order valence-electron chi connectivity index (χ4n) is 2.70. The van der Waals surface area contributed by atoms with Crippen LogP contribution in [0.25, 0.3) is 0 Å². The Morgan fingerprint density at radius 3 is 2.76 bits per heavy atom. The number of benzene rings is 1. The number of hydrogen-bond donors (Lipinski definition) is 2. The molecule has 0 amide bonds. The molecule has 2 atom stereocenters.